The molecule has 0 aromatic rings. The minimum Gasteiger partial charge on any atom is -0.359 e. The maximum atomic E-state index is 7.64. The van der Waals surface area contributed by atoms with Gasteiger partial charge in [-0.1, -0.05) is 0 Å². The number of nitrogens with zero attached hydrogens (tertiary/aromatic N) is 2. The molecule has 13 heavy (non-hydrogen) atoms. The van der Waals surface area contributed by atoms with Gasteiger partial charge in [-0.3, -0.25) is 10.3 Å². The fraction of sp³-hybridized carbons (Fsp3) is 0.900. The Morgan fingerprint density at radius 2 is 1.92 bits per heavy atom. The minimum absolute atomic E-state index is 0.702. The van der Waals surface area contributed by atoms with Crippen molar-refractivity contribution in [2.75, 3.05) is 20.1 Å². The van der Waals surface area contributed by atoms with Crippen molar-refractivity contribution in [3.05, 3.63) is 0 Å². The average Bonchev–Trinajstić information content (AvgIpc) is 2.25. The van der Waals surface area contributed by atoms with E-state index in [9.17, 15) is 0 Å². The number of hydrogen-bond acceptors (Lipinski definition) is 2. The van der Waals surface area contributed by atoms with E-state index in [1.165, 1.54) is 19.3 Å². The van der Waals surface area contributed by atoms with E-state index in [1.54, 1.807) is 0 Å². The van der Waals surface area contributed by atoms with Crippen LogP contribution in [0.5, 0.6) is 0 Å². The van der Waals surface area contributed by atoms with Gasteiger partial charge in [0.1, 0.15) is 0 Å². The standard InChI is InChI=1S/C10H19N3/c1-8(11)13-6-5-9-3-4-10(7-13)12(9)2/h9-11H,3-7H2,1-2H3. The molecule has 2 atom stereocenters. The molecular weight excluding hydrogens is 162 g/mol. The third-order valence-electron chi connectivity index (χ3n) is 3.62. The van der Waals surface area contributed by atoms with Crippen molar-refractivity contribution < 1.29 is 0 Å². The maximum Gasteiger partial charge on any atom is 0.0926 e. The van der Waals surface area contributed by atoms with Gasteiger partial charge in [0.05, 0.1) is 5.84 Å². The molecule has 74 valence electrons. The number of hydrogen-bond donors (Lipinski definition) is 1. The van der Waals surface area contributed by atoms with Gasteiger partial charge < -0.3 is 4.90 Å². The number of amidine groups is 1. The number of likely N-dealkylation sites (tertiary alicyclic amines) is 1. The van der Waals surface area contributed by atoms with Gasteiger partial charge in [0.25, 0.3) is 0 Å². The lowest BCUT2D eigenvalue weighted by Crippen LogP contribution is -2.38. The van der Waals surface area contributed by atoms with Crippen LogP contribution in [0.1, 0.15) is 26.2 Å². The molecule has 2 bridgehead atoms. The van der Waals surface area contributed by atoms with E-state index in [0.717, 1.165) is 25.0 Å². The quantitative estimate of drug-likeness (QED) is 0.449. The monoisotopic (exact) mass is 181 g/mol. The van der Waals surface area contributed by atoms with Crippen molar-refractivity contribution in [1.82, 2.24) is 9.80 Å². The summed E-state index contributed by atoms with van der Waals surface area (Å²) in [5.41, 5.74) is 0. The second-order valence-corrected chi connectivity index (χ2v) is 4.37. The zero-order valence-corrected chi connectivity index (χ0v) is 8.58. The highest BCUT2D eigenvalue weighted by Crippen LogP contribution is 2.28. The van der Waals surface area contributed by atoms with Crippen LogP contribution in [-0.2, 0) is 0 Å². The summed E-state index contributed by atoms with van der Waals surface area (Å²) in [4.78, 5) is 4.74. The van der Waals surface area contributed by atoms with Gasteiger partial charge in [0, 0.05) is 25.2 Å². The fourth-order valence-electron chi connectivity index (χ4n) is 2.61. The van der Waals surface area contributed by atoms with Crippen molar-refractivity contribution >= 4 is 5.84 Å². The molecule has 0 aliphatic carbocycles. The molecule has 1 N–H and O–H groups in total. The molecule has 0 aromatic heterocycles. The van der Waals surface area contributed by atoms with Crippen LogP contribution in [0.25, 0.3) is 0 Å². The first-order chi connectivity index (χ1) is 6.18. The van der Waals surface area contributed by atoms with Gasteiger partial charge in [-0.05, 0) is 33.2 Å². The molecule has 3 nitrogen and oxygen atoms in total. The summed E-state index contributed by atoms with van der Waals surface area (Å²) in [5, 5.41) is 7.64. The predicted octanol–water partition coefficient (Wildman–Crippen LogP) is 1.15. The SMILES string of the molecule is CC(=N)N1CCC2CCC(C1)N2C. The van der Waals surface area contributed by atoms with Gasteiger partial charge in [-0.15, -0.1) is 0 Å². The zero-order chi connectivity index (χ0) is 9.42. The van der Waals surface area contributed by atoms with E-state index in [-0.39, 0.29) is 0 Å². The Labute approximate surface area is 80.2 Å². The molecule has 0 spiro atoms. The van der Waals surface area contributed by atoms with E-state index in [0.29, 0.717) is 6.04 Å². The Morgan fingerprint density at radius 1 is 1.23 bits per heavy atom. The van der Waals surface area contributed by atoms with Gasteiger partial charge in [0.15, 0.2) is 0 Å². The highest BCUT2D eigenvalue weighted by atomic mass is 15.3. The molecular formula is C10H19N3. The molecule has 2 aliphatic rings. The first kappa shape index (κ1) is 9.00. The lowest BCUT2D eigenvalue weighted by atomic mass is 10.1. The molecule has 0 amide bonds. The van der Waals surface area contributed by atoms with Gasteiger partial charge in [0.2, 0.25) is 0 Å². The van der Waals surface area contributed by atoms with Gasteiger partial charge in [-0.25, -0.2) is 0 Å². The summed E-state index contributed by atoms with van der Waals surface area (Å²) >= 11 is 0. The van der Waals surface area contributed by atoms with Crippen molar-refractivity contribution in [1.29, 1.82) is 5.41 Å². The smallest absolute Gasteiger partial charge is 0.0926 e. The third kappa shape index (κ3) is 1.57. The average molecular weight is 181 g/mol. The zero-order valence-electron chi connectivity index (χ0n) is 8.58. The van der Waals surface area contributed by atoms with E-state index in [1.807, 2.05) is 6.92 Å². The summed E-state index contributed by atoms with van der Waals surface area (Å²) in [5.74, 6) is 0.737. The van der Waals surface area contributed by atoms with E-state index in [4.69, 9.17) is 5.41 Å². The number of likely N-dealkylation sites (N-methyl/N-ethyl adjacent to an activating group) is 1. The maximum absolute atomic E-state index is 7.64. The van der Waals surface area contributed by atoms with Gasteiger partial charge >= 0.3 is 0 Å². The van der Waals surface area contributed by atoms with Crippen LogP contribution in [-0.4, -0.2) is 47.9 Å². The summed E-state index contributed by atoms with van der Waals surface area (Å²) in [7, 11) is 2.24. The summed E-state index contributed by atoms with van der Waals surface area (Å²) < 4.78 is 0. The Kier molecular flexibility index (Phi) is 2.28. The molecule has 2 rings (SSSR count). The molecule has 0 aromatic carbocycles. The lowest BCUT2D eigenvalue weighted by Gasteiger charge is -2.26. The first-order valence-corrected chi connectivity index (χ1v) is 5.20. The molecule has 2 heterocycles. The Bertz CT molecular complexity index is 214. The normalized spacial score (nSPS) is 34.8. The Morgan fingerprint density at radius 3 is 2.62 bits per heavy atom. The second kappa shape index (κ2) is 3.29. The predicted molar refractivity (Wildman–Crippen MR) is 54.2 cm³/mol. The van der Waals surface area contributed by atoms with Gasteiger partial charge in [-0.2, -0.15) is 0 Å². The van der Waals surface area contributed by atoms with Crippen LogP contribution < -0.4 is 0 Å². The van der Waals surface area contributed by atoms with Crippen LogP contribution in [0, 0.1) is 5.41 Å². The van der Waals surface area contributed by atoms with Crippen LogP contribution >= 0.6 is 0 Å². The number of fused-ring (bicyclic) bond motifs is 2. The molecule has 2 unspecified atom stereocenters. The molecule has 2 fully saturated rings. The first-order valence-electron chi connectivity index (χ1n) is 5.20. The minimum atomic E-state index is 0.702. The second-order valence-electron chi connectivity index (χ2n) is 4.37. The summed E-state index contributed by atoms with van der Waals surface area (Å²) in [6.45, 7) is 4.06. The molecule has 2 aliphatic heterocycles. The van der Waals surface area contributed by atoms with Crippen molar-refractivity contribution in [3.63, 3.8) is 0 Å². The largest absolute Gasteiger partial charge is 0.359 e. The summed E-state index contributed by atoms with van der Waals surface area (Å²) in [6, 6.07) is 1.49. The van der Waals surface area contributed by atoms with Crippen LogP contribution in [0.4, 0.5) is 0 Å². The van der Waals surface area contributed by atoms with Crippen molar-refractivity contribution in [2.24, 2.45) is 0 Å². The van der Waals surface area contributed by atoms with Crippen LogP contribution in [0.15, 0.2) is 0 Å². The molecule has 3 heteroatoms. The molecule has 0 radical (unpaired) electrons. The van der Waals surface area contributed by atoms with Crippen LogP contribution in [0.3, 0.4) is 0 Å². The highest BCUT2D eigenvalue weighted by molar-refractivity contribution is 5.76. The van der Waals surface area contributed by atoms with E-state index >= 15 is 0 Å². The van der Waals surface area contributed by atoms with Crippen molar-refractivity contribution in [3.8, 4) is 0 Å². The highest BCUT2D eigenvalue weighted by Gasteiger charge is 2.34. The van der Waals surface area contributed by atoms with Crippen molar-refractivity contribution in [2.45, 2.75) is 38.3 Å². The molecule has 2 saturated heterocycles. The molecule has 0 saturated carbocycles. The lowest BCUT2D eigenvalue weighted by molar-refractivity contribution is 0.245. The Hall–Kier alpha value is -0.570. The van der Waals surface area contributed by atoms with E-state index in [2.05, 4.69) is 16.8 Å². The Balaban J connectivity index is 2.07. The third-order valence-corrected chi connectivity index (χ3v) is 3.62. The number of rotatable bonds is 0. The van der Waals surface area contributed by atoms with E-state index < -0.39 is 0 Å². The number of nitrogens with one attached hydrogen (secondary N) is 1. The summed E-state index contributed by atoms with van der Waals surface area (Å²) in [6.07, 6.45) is 3.93. The fourth-order valence-corrected chi connectivity index (χ4v) is 2.61. The topological polar surface area (TPSA) is 30.3 Å². The van der Waals surface area contributed by atoms with Crippen LogP contribution in [0.2, 0.25) is 0 Å².